The fraction of sp³-hybridized carbons (Fsp3) is 0. The largest absolute Gasteiger partial charge is 0.456 e. The van der Waals surface area contributed by atoms with Crippen molar-refractivity contribution < 1.29 is 8.83 Å². The molecule has 0 saturated heterocycles. The average Bonchev–Trinajstić information content (AvgIpc) is 3.79. The Morgan fingerprint density at radius 1 is 0.259 bits per heavy atom. The summed E-state index contributed by atoms with van der Waals surface area (Å²) in [4.78, 5) is 0. The van der Waals surface area contributed by atoms with Crippen LogP contribution in [0.5, 0.6) is 0 Å². The molecule has 0 aliphatic carbocycles. The monoisotopic (exact) mass is 686 g/mol. The molecule has 0 N–H and O–H groups in total. The standard InChI is InChI=1S/C52H30O2/c1-2-17-34-31(13-1)14-12-25-37(34)51-40-22-6-4-20-38(40)50(39-21-5-7-23-41(39)51)33-16-11-15-32(27-33)43-28-46-45-30-48-44(36-19-9-10-26-47(36)53-48)29-49(45)54-52(46)42-24-8-3-18-35(42)43/h1-30H. The molecule has 0 bridgehead atoms. The predicted molar refractivity (Wildman–Crippen MR) is 227 cm³/mol. The van der Waals surface area contributed by atoms with E-state index in [1.807, 2.05) is 12.1 Å². The van der Waals surface area contributed by atoms with Crippen molar-refractivity contribution in [3.05, 3.63) is 182 Å². The molecule has 0 atom stereocenters. The fourth-order valence-corrected chi connectivity index (χ4v) is 9.07. The van der Waals surface area contributed by atoms with Gasteiger partial charge in [-0.3, -0.25) is 0 Å². The Balaban J connectivity index is 1.11. The quantitative estimate of drug-likeness (QED) is 0.173. The van der Waals surface area contributed by atoms with Crippen LogP contribution in [0.4, 0.5) is 0 Å². The third kappa shape index (κ3) is 4.17. The van der Waals surface area contributed by atoms with E-state index in [2.05, 4.69) is 170 Å². The maximum Gasteiger partial charge on any atom is 0.143 e. The van der Waals surface area contributed by atoms with Gasteiger partial charge in [-0.25, -0.2) is 0 Å². The van der Waals surface area contributed by atoms with Crippen LogP contribution in [-0.4, -0.2) is 0 Å². The zero-order valence-electron chi connectivity index (χ0n) is 29.1. The van der Waals surface area contributed by atoms with E-state index in [0.717, 1.165) is 60.2 Å². The molecule has 12 rings (SSSR count). The summed E-state index contributed by atoms with van der Waals surface area (Å²) < 4.78 is 13.0. The molecular weight excluding hydrogens is 657 g/mol. The molecule has 0 aliphatic heterocycles. The van der Waals surface area contributed by atoms with Crippen LogP contribution in [0.25, 0.3) is 120 Å². The first-order valence-corrected chi connectivity index (χ1v) is 18.5. The van der Waals surface area contributed by atoms with E-state index in [0.29, 0.717) is 0 Å². The highest BCUT2D eigenvalue weighted by Gasteiger charge is 2.20. The second kappa shape index (κ2) is 11.2. The van der Waals surface area contributed by atoms with Crippen LogP contribution in [0.1, 0.15) is 0 Å². The van der Waals surface area contributed by atoms with Gasteiger partial charge >= 0.3 is 0 Å². The highest BCUT2D eigenvalue weighted by atomic mass is 16.3. The Morgan fingerprint density at radius 2 is 0.796 bits per heavy atom. The van der Waals surface area contributed by atoms with Gasteiger partial charge in [0.1, 0.15) is 22.3 Å². The highest BCUT2D eigenvalue weighted by Crippen LogP contribution is 2.47. The number of hydrogen-bond acceptors (Lipinski definition) is 2. The van der Waals surface area contributed by atoms with E-state index in [4.69, 9.17) is 8.83 Å². The lowest BCUT2D eigenvalue weighted by Crippen LogP contribution is -1.92. The first kappa shape index (κ1) is 29.4. The molecule has 0 radical (unpaired) electrons. The Hall–Kier alpha value is -7.16. The molecule has 10 aromatic carbocycles. The Labute approximate surface area is 310 Å². The number of furan rings is 2. The molecule has 0 aliphatic rings. The molecule has 2 aromatic heterocycles. The van der Waals surface area contributed by atoms with Crippen LogP contribution in [0.3, 0.4) is 0 Å². The van der Waals surface area contributed by atoms with Crippen molar-refractivity contribution in [1.82, 2.24) is 0 Å². The van der Waals surface area contributed by atoms with E-state index in [1.54, 1.807) is 0 Å². The Bertz CT molecular complexity index is 3440. The number of benzene rings is 10. The third-order valence-electron chi connectivity index (χ3n) is 11.4. The second-order valence-corrected chi connectivity index (χ2v) is 14.3. The van der Waals surface area contributed by atoms with Gasteiger partial charge < -0.3 is 8.83 Å². The molecular formula is C52H30O2. The minimum Gasteiger partial charge on any atom is -0.456 e. The first-order valence-electron chi connectivity index (χ1n) is 18.5. The van der Waals surface area contributed by atoms with Gasteiger partial charge in [0.05, 0.1) is 0 Å². The average molecular weight is 687 g/mol. The smallest absolute Gasteiger partial charge is 0.143 e. The van der Waals surface area contributed by atoms with Gasteiger partial charge in [0.25, 0.3) is 0 Å². The minimum atomic E-state index is 0.865. The van der Waals surface area contributed by atoms with E-state index < -0.39 is 0 Å². The number of fused-ring (bicyclic) bond motifs is 11. The summed E-state index contributed by atoms with van der Waals surface area (Å²) in [7, 11) is 0. The first-order chi connectivity index (χ1) is 26.8. The molecule has 250 valence electrons. The van der Waals surface area contributed by atoms with Crippen molar-refractivity contribution in [3.8, 4) is 33.4 Å². The minimum absolute atomic E-state index is 0.865. The van der Waals surface area contributed by atoms with Crippen LogP contribution in [0.2, 0.25) is 0 Å². The molecule has 2 nitrogen and oxygen atoms in total. The summed E-state index contributed by atoms with van der Waals surface area (Å²) >= 11 is 0. The third-order valence-corrected chi connectivity index (χ3v) is 11.4. The van der Waals surface area contributed by atoms with E-state index in [-0.39, 0.29) is 0 Å². The van der Waals surface area contributed by atoms with Gasteiger partial charge in [-0.2, -0.15) is 0 Å². The Morgan fingerprint density at radius 3 is 1.56 bits per heavy atom. The Kier molecular flexibility index (Phi) is 6.09. The van der Waals surface area contributed by atoms with Crippen molar-refractivity contribution >= 4 is 87.0 Å². The van der Waals surface area contributed by atoms with E-state index in [9.17, 15) is 0 Å². The fourth-order valence-electron chi connectivity index (χ4n) is 9.07. The molecule has 0 spiro atoms. The van der Waals surface area contributed by atoms with Gasteiger partial charge in [0.15, 0.2) is 0 Å². The topological polar surface area (TPSA) is 26.3 Å². The molecule has 0 amide bonds. The van der Waals surface area contributed by atoms with Gasteiger partial charge in [-0.1, -0.05) is 152 Å². The van der Waals surface area contributed by atoms with Crippen molar-refractivity contribution in [2.45, 2.75) is 0 Å². The zero-order chi connectivity index (χ0) is 35.3. The predicted octanol–water partition coefficient (Wildman–Crippen LogP) is 15.1. The van der Waals surface area contributed by atoms with Crippen LogP contribution >= 0.6 is 0 Å². The molecule has 2 heteroatoms. The SMILES string of the molecule is c1cc(-c2c3ccccc3c(-c3cccc4ccccc34)c3ccccc23)cc(-c2cc3c4cc5oc6ccccc6c5cc4oc3c3ccccc23)c1. The molecule has 0 fully saturated rings. The van der Waals surface area contributed by atoms with E-state index >= 15 is 0 Å². The number of para-hydroxylation sites is 1. The lowest BCUT2D eigenvalue weighted by Gasteiger charge is -2.19. The van der Waals surface area contributed by atoms with Crippen molar-refractivity contribution in [3.63, 3.8) is 0 Å². The van der Waals surface area contributed by atoms with Gasteiger partial charge in [-0.15, -0.1) is 0 Å². The normalized spacial score (nSPS) is 12.1. The van der Waals surface area contributed by atoms with Gasteiger partial charge in [-0.05, 0) is 101 Å². The summed E-state index contributed by atoms with van der Waals surface area (Å²) in [5, 5.41) is 14.1. The van der Waals surface area contributed by atoms with Gasteiger partial charge in [0, 0.05) is 26.9 Å². The van der Waals surface area contributed by atoms with E-state index in [1.165, 1.54) is 60.1 Å². The maximum atomic E-state index is 6.71. The molecule has 12 aromatic rings. The highest BCUT2D eigenvalue weighted by molar-refractivity contribution is 6.25. The van der Waals surface area contributed by atoms with Crippen LogP contribution in [-0.2, 0) is 0 Å². The summed E-state index contributed by atoms with van der Waals surface area (Å²) in [6.45, 7) is 0. The summed E-state index contributed by atoms with van der Waals surface area (Å²) in [5.74, 6) is 0. The summed E-state index contributed by atoms with van der Waals surface area (Å²) in [5.41, 5.74) is 10.8. The lowest BCUT2D eigenvalue weighted by atomic mass is 9.84. The van der Waals surface area contributed by atoms with Crippen molar-refractivity contribution in [2.24, 2.45) is 0 Å². The van der Waals surface area contributed by atoms with Gasteiger partial charge in [0.2, 0.25) is 0 Å². The number of hydrogen-bond donors (Lipinski definition) is 0. The van der Waals surface area contributed by atoms with Crippen LogP contribution in [0.15, 0.2) is 191 Å². The van der Waals surface area contributed by atoms with Crippen LogP contribution in [0, 0.1) is 0 Å². The molecule has 0 saturated carbocycles. The van der Waals surface area contributed by atoms with Crippen molar-refractivity contribution in [2.75, 3.05) is 0 Å². The van der Waals surface area contributed by atoms with Crippen LogP contribution < -0.4 is 0 Å². The summed E-state index contributed by atoms with van der Waals surface area (Å²) in [6.07, 6.45) is 0. The number of rotatable bonds is 3. The molecule has 0 unspecified atom stereocenters. The zero-order valence-corrected chi connectivity index (χ0v) is 29.1. The molecule has 54 heavy (non-hydrogen) atoms. The molecule has 2 heterocycles. The lowest BCUT2D eigenvalue weighted by molar-refractivity contribution is 0.665. The maximum absolute atomic E-state index is 6.71. The van der Waals surface area contributed by atoms with Crippen molar-refractivity contribution in [1.29, 1.82) is 0 Å². The second-order valence-electron chi connectivity index (χ2n) is 14.3. The summed E-state index contributed by atoms with van der Waals surface area (Å²) in [6, 6.07) is 65.7.